The van der Waals surface area contributed by atoms with Gasteiger partial charge in [-0.25, -0.2) is 4.79 Å². The van der Waals surface area contributed by atoms with Crippen molar-refractivity contribution in [3.05, 3.63) is 18.0 Å². The number of aromatic nitrogens is 2. The number of nitrogens with zero attached hydrogens (tertiary/aromatic N) is 3. The van der Waals surface area contributed by atoms with E-state index in [0.717, 1.165) is 31.6 Å². The zero-order valence-corrected chi connectivity index (χ0v) is 14.2. The summed E-state index contributed by atoms with van der Waals surface area (Å²) in [6.45, 7) is 13.1. The van der Waals surface area contributed by atoms with Crippen molar-refractivity contribution in [2.45, 2.75) is 66.0 Å². The van der Waals surface area contributed by atoms with Gasteiger partial charge in [-0.2, -0.15) is 5.10 Å². The monoisotopic (exact) mass is 295 g/mol. The molecule has 0 aliphatic carbocycles. The molecule has 1 amide bonds. The van der Waals surface area contributed by atoms with E-state index in [1.165, 1.54) is 0 Å². The summed E-state index contributed by atoms with van der Waals surface area (Å²) in [4.78, 5) is 13.7. The molecule has 0 N–H and O–H groups in total. The Kier molecular flexibility index (Phi) is 6.24. The van der Waals surface area contributed by atoms with Crippen LogP contribution in [0.1, 0.15) is 59.2 Å². The van der Waals surface area contributed by atoms with Gasteiger partial charge >= 0.3 is 6.09 Å². The summed E-state index contributed by atoms with van der Waals surface area (Å²) in [7, 11) is 0. The van der Waals surface area contributed by atoms with Crippen LogP contribution >= 0.6 is 0 Å². The third-order valence-electron chi connectivity index (χ3n) is 3.23. The minimum atomic E-state index is -0.424. The second-order valence-electron chi connectivity index (χ2n) is 6.14. The number of carbonyl (C=O) groups excluding carboxylic acids is 1. The number of amides is 1. The second-order valence-corrected chi connectivity index (χ2v) is 6.14. The first-order valence-electron chi connectivity index (χ1n) is 7.85. The first-order chi connectivity index (χ1) is 9.85. The van der Waals surface area contributed by atoms with E-state index in [-0.39, 0.29) is 6.09 Å². The fraction of sp³-hybridized carbons (Fsp3) is 0.750. The van der Waals surface area contributed by atoms with E-state index in [2.05, 4.69) is 5.10 Å². The first kappa shape index (κ1) is 17.5. The van der Waals surface area contributed by atoms with E-state index < -0.39 is 5.60 Å². The van der Waals surface area contributed by atoms with Crippen LogP contribution in [0, 0.1) is 6.92 Å². The molecule has 1 fully saturated rings. The molecule has 0 spiro atoms. The molecule has 2 heterocycles. The van der Waals surface area contributed by atoms with Crippen LogP contribution in [0.3, 0.4) is 0 Å². The van der Waals surface area contributed by atoms with Crippen molar-refractivity contribution >= 4 is 6.09 Å². The van der Waals surface area contributed by atoms with Crippen LogP contribution in [0.4, 0.5) is 4.79 Å². The van der Waals surface area contributed by atoms with Crippen LogP contribution in [0.15, 0.2) is 12.3 Å². The number of hydrogen-bond acceptors (Lipinski definition) is 3. The highest BCUT2D eigenvalue weighted by molar-refractivity contribution is 5.68. The Balaban J connectivity index is 0.00000106. The molecule has 1 aliphatic rings. The van der Waals surface area contributed by atoms with Crippen molar-refractivity contribution in [3.8, 4) is 0 Å². The molecule has 0 saturated carbocycles. The molecule has 0 atom stereocenters. The number of rotatable bonds is 1. The van der Waals surface area contributed by atoms with Gasteiger partial charge in [0.15, 0.2) is 0 Å². The number of aryl methyl sites for hydroxylation is 1. The third kappa shape index (κ3) is 5.40. The van der Waals surface area contributed by atoms with Crippen molar-refractivity contribution < 1.29 is 9.53 Å². The smallest absolute Gasteiger partial charge is 0.410 e. The summed E-state index contributed by atoms with van der Waals surface area (Å²) in [5.74, 6) is 0. The van der Waals surface area contributed by atoms with Gasteiger partial charge in [0.25, 0.3) is 0 Å². The highest BCUT2D eigenvalue weighted by atomic mass is 16.6. The topological polar surface area (TPSA) is 47.4 Å². The molecular weight excluding hydrogens is 266 g/mol. The summed E-state index contributed by atoms with van der Waals surface area (Å²) in [6, 6.07) is 2.41. The van der Waals surface area contributed by atoms with E-state index in [4.69, 9.17) is 4.74 Å². The average molecular weight is 295 g/mol. The van der Waals surface area contributed by atoms with E-state index in [1.54, 1.807) is 4.90 Å². The van der Waals surface area contributed by atoms with Gasteiger partial charge in [-0.1, -0.05) is 13.8 Å². The van der Waals surface area contributed by atoms with Crippen LogP contribution in [-0.4, -0.2) is 39.5 Å². The zero-order chi connectivity index (χ0) is 16.0. The predicted molar refractivity (Wildman–Crippen MR) is 84.4 cm³/mol. The summed E-state index contributed by atoms with van der Waals surface area (Å²) < 4.78 is 7.40. The summed E-state index contributed by atoms with van der Waals surface area (Å²) >= 11 is 0. The Labute approximate surface area is 128 Å². The van der Waals surface area contributed by atoms with Gasteiger partial charge in [0, 0.05) is 19.3 Å². The zero-order valence-electron chi connectivity index (χ0n) is 14.2. The molecular formula is C16H29N3O2. The minimum Gasteiger partial charge on any atom is -0.444 e. The van der Waals surface area contributed by atoms with Crippen molar-refractivity contribution in [2.24, 2.45) is 0 Å². The average Bonchev–Trinajstić information content (AvgIpc) is 2.86. The third-order valence-corrected chi connectivity index (χ3v) is 3.23. The minimum absolute atomic E-state index is 0.206. The molecule has 0 radical (unpaired) electrons. The fourth-order valence-corrected chi connectivity index (χ4v) is 2.28. The second kappa shape index (κ2) is 7.48. The van der Waals surface area contributed by atoms with Crippen molar-refractivity contribution in [3.63, 3.8) is 0 Å². The van der Waals surface area contributed by atoms with Crippen LogP contribution in [-0.2, 0) is 4.74 Å². The largest absolute Gasteiger partial charge is 0.444 e. The van der Waals surface area contributed by atoms with Crippen molar-refractivity contribution in [2.75, 3.05) is 13.1 Å². The summed E-state index contributed by atoms with van der Waals surface area (Å²) in [5.41, 5.74) is 0.613. The van der Waals surface area contributed by atoms with Gasteiger partial charge in [-0.3, -0.25) is 4.68 Å². The molecule has 2 rings (SSSR count). The van der Waals surface area contributed by atoms with Gasteiger partial charge in [-0.15, -0.1) is 0 Å². The van der Waals surface area contributed by atoms with Crippen LogP contribution in [0.5, 0.6) is 0 Å². The SMILES string of the molecule is CC.Cc1ccn(C2CCN(C(=O)OC(C)(C)C)CC2)n1. The fourth-order valence-electron chi connectivity index (χ4n) is 2.28. The lowest BCUT2D eigenvalue weighted by Crippen LogP contribution is -2.42. The van der Waals surface area contributed by atoms with E-state index >= 15 is 0 Å². The maximum absolute atomic E-state index is 11.9. The molecule has 0 aromatic carbocycles. The molecule has 0 bridgehead atoms. The number of carbonyl (C=O) groups is 1. The molecule has 1 saturated heterocycles. The molecule has 1 aliphatic heterocycles. The van der Waals surface area contributed by atoms with Gasteiger partial charge < -0.3 is 9.64 Å². The lowest BCUT2D eigenvalue weighted by Gasteiger charge is -2.33. The van der Waals surface area contributed by atoms with E-state index in [1.807, 2.05) is 58.5 Å². The number of likely N-dealkylation sites (tertiary alicyclic amines) is 1. The Morgan fingerprint density at radius 2 is 1.86 bits per heavy atom. The number of ether oxygens (including phenoxy) is 1. The summed E-state index contributed by atoms with van der Waals surface area (Å²) in [5, 5.41) is 4.45. The Morgan fingerprint density at radius 1 is 1.29 bits per heavy atom. The standard InChI is InChI=1S/C14H23N3O2.C2H6/c1-11-5-10-17(15-11)12-6-8-16(9-7-12)13(18)19-14(2,3)4;1-2/h5,10,12H,6-9H2,1-4H3;1-2H3. The molecule has 0 unspecified atom stereocenters. The van der Waals surface area contributed by atoms with Gasteiger partial charge in [-0.05, 0) is 46.6 Å². The molecule has 1 aromatic rings. The Hall–Kier alpha value is -1.52. The van der Waals surface area contributed by atoms with Gasteiger partial charge in [0.1, 0.15) is 5.60 Å². The van der Waals surface area contributed by atoms with E-state index in [9.17, 15) is 4.79 Å². The highest BCUT2D eigenvalue weighted by Gasteiger charge is 2.27. The van der Waals surface area contributed by atoms with Crippen molar-refractivity contribution in [1.82, 2.24) is 14.7 Å². The van der Waals surface area contributed by atoms with Gasteiger partial charge in [0.2, 0.25) is 0 Å². The van der Waals surface area contributed by atoms with E-state index in [0.29, 0.717) is 6.04 Å². The summed E-state index contributed by atoms with van der Waals surface area (Å²) in [6.07, 6.45) is 3.67. The molecule has 120 valence electrons. The number of piperidine rings is 1. The molecule has 5 heteroatoms. The van der Waals surface area contributed by atoms with Crippen LogP contribution < -0.4 is 0 Å². The first-order valence-corrected chi connectivity index (χ1v) is 7.85. The maximum atomic E-state index is 11.9. The quantitative estimate of drug-likeness (QED) is 0.792. The van der Waals surface area contributed by atoms with Crippen LogP contribution in [0.25, 0.3) is 0 Å². The lowest BCUT2D eigenvalue weighted by atomic mass is 10.1. The number of hydrogen-bond donors (Lipinski definition) is 0. The van der Waals surface area contributed by atoms with Crippen molar-refractivity contribution in [1.29, 1.82) is 0 Å². The molecule has 21 heavy (non-hydrogen) atoms. The predicted octanol–water partition coefficient (Wildman–Crippen LogP) is 3.79. The molecule has 5 nitrogen and oxygen atoms in total. The van der Waals surface area contributed by atoms with Crippen LogP contribution in [0.2, 0.25) is 0 Å². The highest BCUT2D eigenvalue weighted by Crippen LogP contribution is 2.23. The Morgan fingerprint density at radius 3 is 2.29 bits per heavy atom. The Bertz CT molecular complexity index is 441. The molecule has 1 aromatic heterocycles. The van der Waals surface area contributed by atoms with Gasteiger partial charge in [0.05, 0.1) is 11.7 Å². The normalized spacial score (nSPS) is 16.2. The maximum Gasteiger partial charge on any atom is 0.410 e. The lowest BCUT2D eigenvalue weighted by molar-refractivity contribution is 0.0184.